The van der Waals surface area contributed by atoms with E-state index in [-0.39, 0.29) is 0 Å². The normalized spacial score (nSPS) is 11.1. The lowest BCUT2D eigenvalue weighted by Gasteiger charge is -2.06. The minimum atomic E-state index is 0.707. The van der Waals surface area contributed by atoms with Crippen LogP contribution in [0.15, 0.2) is 0 Å². The monoisotopic (exact) mass is 276 g/mol. The van der Waals surface area contributed by atoms with Gasteiger partial charge in [-0.15, -0.1) is 0 Å². The Balaban J connectivity index is 2.88. The van der Waals surface area contributed by atoms with E-state index in [0.29, 0.717) is 13.1 Å². The smallest absolute Gasteiger partial charge is 0.0478 e. The van der Waals surface area contributed by atoms with Crippen LogP contribution in [0.25, 0.3) is 0 Å². The Morgan fingerprint density at radius 1 is 0.421 bits per heavy atom. The molecule has 0 saturated heterocycles. The summed E-state index contributed by atoms with van der Waals surface area (Å²) in [5, 5.41) is 0. The average Bonchev–Trinajstić information content (AvgIpc) is 2.43. The van der Waals surface area contributed by atoms with Crippen molar-refractivity contribution in [2.75, 3.05) is 52.7 Å². The van der Waals surface area contributed by atoms with Gasteiger partial charge < -0.3 is 25.7 Å². The van der Waals surface area contributed by atoms with Crippen LogP contribution in [-0.2, 0) is 14.2 Å². The molecule has 0 aromatic heterocycles. The van der Waals surface area contributed by atoms with Crippen LogP contribution in [0.3, 0.4) is 0 Å². The van der Waals surface area contributed by atoms with Crippen molar-refractivity contribution in [3.05, 3.63) is 0 Å². The quantitative estimate of drug-likeness (QED) is 0.415. The molecule has 0 amide bonds. The van der Waals surface area contributed by atoms with Crippen LogP contribution >= 0.6 is 0 Å². The van der Waals surface area contributed by atoms with E-state index in [2.05, 4.69) is 0 Å². The number of hydrogen-bond donors (Lipinski definition) is 2. The highest BCUT2D eigenvalue weighted by atomic mass is 16.5. The summed E-state index contributed by atoms with van der Waals surface area (Å²) in [4.78, 5) is 0. The average molecular weight is 276 g/mol. The van der Waals surface area contributed by atoms with Gasteiger partial charge >= 0.3 is 0 Å². The molecule has 0 aromatic carbocycles. The van der Waals surface area contributed by atoms with Crippen molar-refractivity contribution in [3.63, 3.8) is 0 Å². The van der Waals surface area contributed by atoms with E-state index >= 15 is 0 Å². The Hall–Kier alpha value is -0.200. The molecular weight excluding hydrogens is 244 g/mol. The van der Waals surface area contributed by atoms with Crippen LogP contribution < -0.4 is 11.5 Å². The zero-order valence-electron chi connectivity index (χ0n) is 12.3. The third-order valence-corrected chi connectivity index (χ3v) is 2.64. The standard InChI is InChI=1S/C14H32N2O3/c15-7-5-13-18-11-3-1-9-17-10-2-4-12-19-14-6-8-16/h1-16H2. The van der Waals surface area contributed by atoms with Crippen molar-refractivity contribution < 1.29 is 14.2 Å². The molecule has 0 unspecified atom stereocenters. The van der Waals surface area contributed by atoms with Crippen molar-refractivity contribution in [1.82, 2.24) is 0 Å². The molecule has 0 radical (unpaired) electrons. The molecule has 0 aliphatic rings. The lowest BCUT2D eigenvalue weighted by atomic mass is 10.3. The molecule has 0 spiro atoms. The minimum Gasteiger partial charge on any atom is -0.381 e. The first-order valence-corrected chi connectivity index (χ1v) is 7.55. The van der Waals surface area contributed by atoms with Crippen LogP contribution in [0.2, 0.25) is 0 Å². The Bertz CT molecular complexity index is 144. The van der Waals surface area contributed by atoms with Crippen LogP contribution in [-0.4, -0.2) is 52.7 Å². The summed E-state index contributed by atoms with van der Waals surface area (Å²) in [6, 6.07) is 0. The first-order chi connectivity index (χ1) is 9.41. The van der Waals surface area contributed by atoms with Gasteiger partial charge in [0.2, 0.25) is 0 Å². The molecule has 0 saturated carbocycles. The molecule has 5 nitrogen and oxygen atoms in total. The summed E-state index contributed by atoms with van der Waals surface area (Å²) in [5.74, 6) is 0. The number of hydrogen-bond acceptors (Lipinski definition) is 5. The molecule has 0 fully saturated rings. The lowest BCUT2D eigenvalue weighted by molar-refractivity contribution is 0.0903. The molecule has 0 aliphatic carbocycles. The van der Waals surface area contributed by atoms with Gasteiger partial charge in [0.05, 0.1) is 0 Å². The summed E-state index contributed by atoms with van der Waals surface area (Å²) in [7, 11) is 0. The van der Waals surface area contributed by atoms with E-state index in [1.807, 2.05) is 0 Å². The van der Waals surface area contributed by atoms with Gasteiger partial charge in [0.25, 0.3) is 0 Å². The summed E-state index contributed by atoms with van der Waals surface area (Å²) in [5.41, 5.74) is 10.7. The lowest BCUT2D eigenvalue weighted by Crippen LogP contribution is -2.06. The maximum absolute atomic E-state index is 5.54. The van der Waals surface area contributed by atoms with Crippen LogP contribution in [0, 0.1) is 0 Å². The zero-order valence-corrected chi connectivity index (χ0v) is 12.3. The third kappa shape index (κ3) is 17.8. The second kappa shape index (κ2) is 17.8. The molecule has 0 aromatic rings. The summed E-state index contributed by atoms with van der Waals surface area (Å²) in [6.07, 6.45) is 6.15. The Morgan fingerprint density at radius 3 is 0.947 bits per heavy atom. The van der Waals surface area contributed by atoms with Gasteiger partial charge in [-0.1, -0.05) is 0 Å². The van der Waals surface area contributed by atoms with Crippen LogP contribution in [0.1, 0.15) is 38.5 Å². The van der Waals surface area contributed by atoms with Crippen molar-refractivity contribution >= 4 is 0 Å². The molecule has 0 aliphatic heterocycles. The van der Waals surface area contributed by atoms with E-state index in [4.69, 9.17) is 25.7 Å². The Kier molecular flexibility index (Phi) is 17.6. The molecular formula is C14H32N2O3. The van der Waals surface area contributed by atoms with Crippen molar-refractivity contribution in [1.29, 1.82) is 0 Å². The van der Waals surface area contributed by atoms with Gasteiger partial charge in [0, 0.05) is 39.6 Å². The van der Waals surface area contributed by atoms with E-state index in [9.17, 15) is 0 Å². The molecule has 0 atom stereocenters. The summed E-state index contributed by atoms with van der Waals surface area (Å²) >= 11 is 0. The highest BCUT2D eigenvalue weighted by Gasteiger charge is 1.93. The first kappa shape index (κ1) is 18.8. The van der Waals surface area contributed by atoms with Crippen molar-refractivity contribution in [2.24, 2.45) is 11.5 Å². The maximum Gasteiger partial charge on any atom is 0.0478 e. The number of unbranched alkanes of at least 4 members (excludes halogenated alkanes) is 2. The third-order valence-electron chi connectivity index (χ3n) is 2.64. The summed E-state index contributed by atoms with van der Waals surface area (Å²) in [6.45, 7) is 6.26. The number of nitrogens with two attached hydrogens (primary N) is 2. The first-order valence-electron chi connectivity index (χ1n) is 7.55. The van der Waals surface area contributed by atoms with E-state index in [1.54, 1.807) is 0 Å². The molecule has 0 rings (SSSR count). The zero-order chi connectivity index (χ0) is 14.0. The van der Waals surface area contributed by atoms with E-state index in [1.165, 1.54) is 0 Å². The second-order valence-electron chi connectivity index (χ2n) is 4.54. The molecule has 116 valence electrons. The van der Waals surface area contributed by atoms with E-state index < -0.39 is 0 Å². The fraction of sp³-hybridized carbons (Fsp3) is 1.00. The molecule has 0 heterocycles. The fourth-order valence-corrected chi connectivity index (χ4v) is 1.49. The predicted octanol–water partition coefficient (Wildman–Crippen LogP) is 1.29. The predicted molar refractivity (Wildman–Crippen MR) is 78.3 cm³/mol. The Morgan fingerprint density at radius 2 is 0.684 bits per heavy atom. The largest absolute Gasteiger partial charge is 0.381 e. The van der Waals surface area contributed by atoms with E-state index in [0.717, 1.165) is 78.2 Å². The highest BCUT2D eigenvalue weighted by molar-refractivity contribution is 4.43. The molecule has 19 heavy (non-hydrogen) atoms. The molecule has 0 bridgehead atoms. The molecule has 5 heteroatoms. The fourth-order valence-electron chi connectivity index (χ4n) is 1.49. The van der Waals surface area contributed by atoms with Crippen LogP contribution in [0.4, 0.5) is 0 Å². The highest BCUT2D eigenvalue weighted by Crippen LogP contribution is 1.96. The summed E-state index contributed by atoms with van der Waals surface area (Å²) < 4.78 is 16.3. The van der Waals surface area contributed by atoms with Gasteiger partial charge in [0.15, 0.2) is 0 Å². The second-order valence-corrected chi connectivity index (χ2v) is 4.54. The van der Waals surface area contributed by atoms with Gasteiger partial charge in [-0.3, -0.25) is 0 Å². The van der Waals surface area contributed by atoms with Crippen molar-refractivity contribution in [2.45, 2.75) is 38.5 Å². The topological polar surface area (TPSA) is 79.7 Å². The number of rotatable bonds is 16. The van der Waals surface area contributed by atoms with Gasteiger partial charge in [-0.25, -0.2) is 0 Å². The van der Waals surface area contributed by atoms with Gasteiger partial charge in [-0.05, 0) is 51.6 Å². The SMILES string of the molecule is NCCCOCCCCOCCCCOCCCN. The maximum atomic E-state index is 5.54. The van der Waals surface area contributed by atoms with Gasteiger partial charge in [-0.2, -0.15) is 0 Å². The molecule has 4 N–H and O–H groups in total. The van der Waals surface area contributed by atoms with Crippen LogP contribution in [0.5, 0.6) is 0 Å². The van der Waals surface area contributed by atoms with Gasteiger partial charge in [0.1, 0.15) is 0 Å². The Labute approximate surface area is 118 Å². The van der Waals surface area contributed by atoms with Crippen molar-refractivity contribution in [3.8, 4) is 0 Å². The number of ether oxygens (including phenoxy) is 3. The minimum absolute atomic E-state index is 0.707.